The fourth-order valence-corrected chi connectivity index (χ4v) is 4.11. The summed E-state index contributed by atoms with van der Waals surface area (Å²) >= 11 is 0. The number of amides is 2. The Balaban J connectivity index is 1.40. The van der Waals surface area contributed by atoms with Gasteiger partial charge in [0.05, 0.1) is 0 Å². The summed E-state index contributed by atoms with van der Waals surface area (Å²) in [6.45, 7) is 4.68. The number of carbonyl (C=O) groups excluding carboxylic acids is 2. The quantitative estimate of drug-likeness (QED) is 0.210. The molecule has 0 bridgehead atoms. The zero-order valence-corrected chi connectivity index (χ0v) is 21.9. The third kappa shape index (κ3) is 7.16. The molecule has 3 aromatic carbocycles. The van der Waals surface area contributed by atoms with Crippen molar-refractivity contribution < 1.29 is 23.2 Å². The molecule has 200 valence electrons. The average molecular weight is 529 g/mol. The van der Waals surface area contributed by atoms with Gasteiger partial charge in [0.15, 0.2) is 5.76 Å². The minimum atomic E-state index is -0.783. The van der Waals surface area contributed by atoms with Crippen molar-refractivity contribution in [1.29, 1.82) is 0 Å². The summed E-state index contributed by atoms with van der Waals surface area (Å²) in [5, 5.41) is 6.68. The molecule has 3 N–H and O–H groups in total. The molecule has 1 unspecified atom stereocenters. The van der Waals surface area contributed by atoms with E-state index in [2.05, 4.69) is 15.5 Å². The van der Waals surface area contributed by atoms with E-state index in [-0.39, 0.29) is 17.3 Å². The van der Waals surface area contributed by atoms with Crippen LogP contribution in [0.3, 0.4) is 0 Å². The molecular formula is C30H29FN4O4. The van der Waals surface area contributed by atoms with Gasteiger partial charge >= 0.3 is 6.09 Å². The maximum Gasteiger partial charge on any atom is 0.412 e. The summed E-state index contributed by atoms with van der Waals surface area (Å²) in [5.41, 5.74) is 10.8. The summed E-state index contributed by atoms with van der Waals surface area (Å²) in [6.07, 6.45) is -0.405. The normalized spacial score (nSPS) is 12.2. The number of rotatable bonds is 8. The minimum absolute atomic E-state index is 0.283. The zero-order valence-electron chi connectivity index (χ0n) is 21.9. The third-order valence-corrected chi connectivity index (χ3v) is 6.05. The van der Waals surface area contributed by atoms with E-state index in [0.29, 0.717) is 30.0 Å². The maximum absolute atomic E-state index is 14.0. The second kappa shape index (κ2) is 12.2. The highest BCUT2D eigenvalue weighted by Gasteiger charge is 2.21. The number of anilines is 1. The number of nitrogens with zero attached hydrogens (tertiary/aromatic N) is 2. The van der Waals surface area contributed by atoms with Gasteiger partial charge in [0.1, 0.15) is 29.1 Å². The Morgan fingerprint density at radius 1 is 1.03 bits per heavy atom. The summed E-state index contributed by atoms with van der Waals surface area (Å²) in [7, 11) is 0. The van der Waals surface area contributed by atoms with Crippen LogP contribution in [0.2, 0.25) is 0 Å². The number of benzene rings is 3. The summed E-state index contributed by atoms with van der Waals surface area (Å²) in [5.74, 6) is -0.0799. The van der Waals surface area contributed by atoms with Crippen LogP contribution in [-0.4, -0.2) is 23.0 Å². The molecule has 1 heterocycles. The van der Waals surface area contributed by atoms with Crippen LogP contribution in [0.4, 0.5) is 14.9 Å². The van der Waals surface area contributed by atoms with Crippen LogP contribution in [0.1, 0.15) is 47.9 Å². The van der Waals surface area contributed by atoms with E-state index in [1.165, 1.54) is 13.0 Å². The first kappa shape index (κ1) is 27.3. The Morgan fingerprint density at radius 3 is 2.28 bits per heavy atom. The van der Waals surface area contributed by atoms with E-state index in [9.17, 15) is 14.0 Å². The number of aliphatic imine (C=N–C) groups is 1. The van der Waals surface area contributed by atoms with Gasteiger partial charge in [-0.25, -0.2) is 14.2 Å². The Kier molecular flexibility index (Phi) is 8.50. The lowest BCUT2D eigenvalue weighted by molar-refractivity contribution is -0.115. The number of nitrogens with one attached hydrogen (secondary N) is 1. The van der Waals surface area contributed by atoms with Gasteiger partial charge in [-0.15, -0.1) is 0 Å². The summed E-state index contributed by atoms with van der Waals surface area (Å²) < 4.78 is 24.9. The molecule has 8 nitrogen and oxygen atoms in total. The van der Waals surface area contributed by atoms with Gasteiger partial charge in [0.2, 0.25) is 5.91 Å². The number of aryl methyl sites for hydroxylation is 1. The number of carbonyl (C=O) groups is 2. The molecule has 0 radical (unpaired) electrons. The van der Waals surface area contributed by atoms with Crippen molar-refractivity contribution in [2.75, 3.05) is 5.32 Å². The Labute approximate surface area is 225 Å². The number of ether oxygens (including phenoxy) is 1. The van der Waals surface area contributed by atoms with Gasteiger partial charge in [-0.1, -0.05) is 71.9 Å². The second-order valence-corrected chi connectivity index (χ2v) is 9.16. The summed E-state index contributed by atoms with van der Waals surface area (Å²) in [6, 6.07) is 21.8. The van der Waals surface area contributed by atoms with Gasteiger partial charge in [-0.05, 0) is 43.0 Å². The monoisotopic (exact) mass is 528 g/mol. The van der Waals surface area contributed by atoms with E-state index in [4.69, 9.17) is 15.0 Å². The largest absolute Gasteiger partial charge is 0.441 e. The maximum atomic E-state index is 14.0. The van der Waals surface area contributed by atoms with Crippen LogP contribution in [-0.2, 0) is 22.4 Å². The van der Waals surface area contributed by atoms with Crippen LogP contribution in [0.15, 0.2) is 82.3 Å². The Hall–Kier alpha value is -4.79. The second-order valence-electron chi connectivity index (χ2n) is 9.16. The molecule has 0 saturated heterocycles. The first-order chi connectivity index (χ1) is 18.7. The molecule has 0 aliphatic heterocycles. The molecule has 0 fully saturated rings. The van der Waals surface area contributed by atoms with Crippen LogP contribution in [0.5, 0.6) is 0 Å². The first-order valence-electron chi connectivity index (χ1n) is 12.4. The molecule has 0 saturated carbocycles. The molecule has 0 aliphatic rings. The molecule has 0 spiro atoms. The fraction of sp³-hybridized carbons (Fsp3) is 0.200. The number of nitrogens with two attached hydrogens (primary N) is 1. The SMILES string of the molecule is CC(=O)N=C(N)Cc1ccc(Cc2ccc(-c3onc(C)c3NC(=O)OC(C)c3ccccc3F)cc2)cc1. The number of amidine groups is 1. The van der Waals surface area contributed by atoms with Crippen LogP contribution >= 0.6 is 0 Å². The van der Waals surface area contributed by atoms with Crippen molar-refractivity contribution >= 4 is 23.5 Å². The van der Waals surface area contributed by atoms with E-state index in [1.54, 1.807) is 32.0 Å². The van der Waals surface area contributed by atoms with Crippen molar-refractivity contribution in [3.8, 4) is 11.3 Å². The number of hydrogen-bond donors (Lipinski definition) is 2. The lowest BCUT2D eigenvalue weighted by Gasteiger charge is -2.15. The minimum Gasteiger partial charge on any atom is -0.441 e. The van der Waals surface area contributed by atoms with Crippen LogP contribution in [0, 0.1) is 12.7 Å². The van der Waals surface area contributed by atoms with Gasteiger partial charge in [0.25, 0.3) is 0 Å². The Morgan fingerprint density at radius 2 is 1.64 bits per heavy atom. The molecule has 1 aromatic heterocycles. The number of aromatic nitrogens is 1. The summed E-state index contributed by atoms with van der Waals surface area (Å²) in [4.78, 5) is 27.4. The van der Waals surface area contributed by atoms with Gasteiger partial charge in [-0.3, -0.25) is 10.1 Å². The topological polar surface area (TPSA) is 120 Å². The van der Waals surface area contributed by atoms with Crippen molar-refractivity contribution in [3.05, 3.63) is 107 Å². The standard InChI is InChI=1S/C30H29FN4O4/c1-18-28(34-30(37)38-19(2)25-6-4-5-7-26(25)31)29(39-35-18)24-14-12-22(13-15-24)16-21-8-10-23(11-9-21)17-27(32)33-20(3)36/h4-15,19H,16-17H2,1-3H3,(H,34,37)(H2,32,33,36). The molecule has 4 rings (SSSR count). The van der Waals surface area contributed by atoms with Gasteiger partial charge in [-0.2, -0.15) is 0 Å². The van der Waals surface area contributed by atoms with Crippen molar-refractivity contribution in [2.24, 2.45) is 10.7 Å². The van der Waals surface area contributed by atoms with E-state index >= 15 is 0 Å². The number of halogens is 1. The predicted octanol–water partition coefficient (Wildman–Crippen LogP) is 6.14. The molecular weight excluding hydrogens is 499 g/mol. The Bertz CT molecular complexity index is 1490. The molecule has 39 heavy (non-hydrogen) atoms. The van der Waals surface area contributed by atoms with E-state index in [0.717, 1.165) is 22.3 Å². The lowest BCUT2D eigenvalue weighted by Crippen LogP contribution is -2.17. The van der Waals surface area contributed by atoms with E-state index < -0.39 is 18.0 Å². The predicted molar refractivity (Wildman–Crippen MR) is 147 cm³/mol. The molecule has 2 amide bonds. The highest BCUT2D eigenvalue weighted by Crippen LogP contribution is 2.32. The highest BCUT2D eigenvalue weighted by atomic mass is 19.1. The van der Waals surface area contributed by atoms with Crippen molar-refractivity contribution in [1.82, 2.24) is 5.16 Å². The average Bonchev–Trinajstić information content (AvgIpc) is 3.25. The van der Waals surface area contributed by atoms with Gasteiger partial charge in [0, 0.05) is 24.5 Å². The molecule has 4 aromatic rings. The van der Waals surface area contributed by atoms with Crippen LogP contribution < -0.4 is 11.1 Å². The molecule has 0 aliphatic carbocycles. The molecule has 9 heteroatoms. The highest BCUT2D eigenvalue weighted by molar-refractivity contribution is 5.93. The van der Waals surface area contributed by atoms with Crippen molar-refractivity contribution in [2.45, 2.75) is 39.7 Å². The molecule has 1 atom stereocenters. The first-order valence-corrected chi connectivity index (χ1v) is 12.4. The smallest absolute Gasteiger partial charge is 0.412 e. The van der Waals surface area contributed by atoms with Crippen molar-refractivity contribution in [3.63, 3.8) is 0 Å². The lowest BCUT2D eigenvalue weighted by atomic mass is 10.0. The zero-order chi connectivity index (χ0) is 27.9. The number of hydrogen-bond acceptors (Lipinski definition) is 5. The van der Waals surface area contributed by atoms with Crippen LogP contribution in [0.25, 0.3) is 11.3 Å². The third-order valence-electron chi connectivity index (χ3n) is 6.05. The van der Waals surface area contributed by atoms with E-state index in [1.807, 2.05) is 48.5 Å². The fourth-order valence-electron chi connectivity index (χ4n) is 4.11. The van der Waals surface area contributed by atoms with Gasteiger partial charge < -0.3 is 15.0 Å².